The van der Waals surface area contributed by atoms with Gasteiger partial charge < -0.3 is 10.0 Å². The van der Waals surface area contributed by atoms with Gasteiger partial charge in [-0.05, 0) is 41.4 Å². The monoisotopic (exact) mass is 339 g/mol. The van der Waals surface area contributed by atoms with Crippen LogP contribution in [0, 0.1) is 13.8 Å². The first-order valence-corrected chi connectivity index (χ1v) is 6.72. The molecule has 7 heteroatoms. The van der Waals surface area contributed by atoms with E-state index in [0.29, 0.717) is 17.0 Å². The standard InChI is InChI=1S/C13H14BrN3O3/c1-7-4-9(14)12-15-8(2)11(17(12)5-7)13(20)16(3)6-10(18)19/h4-5H,6H2,1-3H3,(H,18,19). The number of likely N-dealkylation sites (N-methyl/N-ethyl adjacent to an activating group) is 1. The molecule has 2 heterocycles. The summed E-state index contributed by atoms with van der Waals surface area (Å²) in [6.45, 7) is 3.30. The van der Waals surface area contributed by atoms with E-state index in [0.717, 1.165) is 14.9 Å². The van der Waals surface area contributed by atoms with E-state index in [4.69, 9.17) is 5.11 Å². The Morgan fingerprint density at radius 1 is 1.45 bits per heavy atom. The van der Waals surface area contributed by atoms with Crippen molar-refractivity contribution in [1.82, 2.24) is 14.3 Å². The van der Waals surface area contributed by atoms with Crippen LogP contribution in [0.1, 0.15) is 21.7 Å². The van der Waals surface area contributed by atoms with Gasteiger partial charge in [-0.3, -0.25) is 14.0 Å². The molecule has 0 aliphatic rings. The number of aliphatic carboxylic acids is 1. The summed E-state index contributed by atoms with van der Waals surface area (Å²) >= 11 is 3.42. The molecular formula is C13H14BrN3O3. The van der Waals surface area contributed by atoms with Crippen molar-refractivity contribution in [3.63, 3.8) is 0 Å². The Kier molecular flexibility index (Phi) is 3.80. The van der Waals surface area contributed by atoms with Gasteiger partial charge in [0.25, 0.3) is 5.91 Å². The lowest BCUT2D eigenvalue weighted by atomic mass is 10.3. The van der Waals surface area contributed by atoms with E-state index in [1.165, 1.54) is 7.05 Å². The molecule has 0 saturated heterocycles. The van der Waals surface area contributed by atoms with Crippen LogP contribution in [0.5, 0.6) is 0 Å². The Bertz CT molecular complexity index is 708. The minimum absolute atomic E-state index is 0.349. The number of carboxylic acid groups (broad SMARTS) is 1. The fraction of sp³-hybridized carbons (Fsp3) is 0.308. The van der Waals surface area contributed by atoms with E-state index in [1.54, 1.807) is 11.3 Å². The second-order valence-corrected chi connectivity index (χ2v) is 5.51. The van der Waals surface area contributed by atoms with Crippen molar-refractivity contribution >= 4 is 33.5 Å². The van der Waals surface area contributed by atoms with Crippen molar-refractivity contribution in [1.29, 1.82) is 0 Å². The molecule has 106 valence electrons. The zero-order valence-electron chi connectivity index (χ0n) is 11.3. The number of amides is 1. The molecule has 0 fully saturated rings. The zero-order chi connectivity index (χ0) is 15.0. The molecule has 1 amide bonds. The van der Waals surface area contributed by atoms with Crippen LogP contribution in [-0.2, 0) is 4.79 Å². The van der Waals surface area contributed by atoms with E-state index in [-0.39, 0.29) is 12.5 Å². The van der Waals surface area contributed by atoms with Gasteiger partial charge in [0, 0.05) is 13.2 Å². The number of carboxylic acids is 1. The van der Waals surface area contributed by atoms with Crippen molar-refractivity contribution in [2.75, 3.05) is 13.6 Å². The molecule has 2 rings (SSSR count). The van der Waals surface area contributed by atoms with Crippen LogP contribution in [0.3, 0.4) is 0 Å². The van der Waals surface area contributed by atoms with Crippen molar-refractivity contribution in [2.24, 2.45) is 0 Å². The predicted octanol–water partition coefficient (Wildman–Crippen LogP) is 1.87. The molecule has 0 unspecified atom stereocenters. The number of aryl methyl sites for hydroxylation is 2. The Labute approximate surface area is 124 Å². The van der Waals surface area contributed by atoms with E-state index in [2.05, 4.69) is 20.9 Å². The van der Waals surface area contributed by atoms with Crippen molar-refractivity contribution in [3.05, 3.63) is 33.7 Å². The lowest BCUT2D eigenvalue weighted by Crippen LogP contribution is -2.33. The maximum atomic E-state index is 12.4. The number of hydrogen-bond acceptors (Lipinski definition) is 3. The number of imidazole rings is 1. The largest absolute Gasteiger partial charge is 0.480 e. The summed E-state index contributed by atoms with van der Waals surface area (Å²) in [4.78, 5) is 28.6. The molecule has 0 aliphatic carbocycles. The topological polar surface area (TPSA) is 74.9 Å². The summed E-state index contributed by atoms with van der Waals surface area (Å²) in [5.41, 5.74) is 2.56. The molecule has 0 spiro atoms. The minimum atomic E-state index is -1.05. The summed E-state index contributed by atoms with van der Waals surface area (Å²) in [6, 6.07) is 1.91. The second kappa shape index (κ2) is 5.24. The Morgan fingerprint density at radius 3 is 2.70 bits per heavy atom. The minimum Gasteiger partial charge on any atom is -0.480 e. The van der Waals surface area contributed by atoms with Crippen molar-refractivity contribution in [2.45, 2.75) is 13.8 Å². The van der Waals surface area contributed by atoms with Gasteiger partial charge in [-0.25, -0.2) is 4.98 Å². The lowest BCUT2D eigenvalue weighted by Gasteiger charge is -2.14. The molecule has 2 aromatic heterocycles. The van der Waals surface area contributed by atoms with Gasteiger partial charge in [0.15, 0.2) is 5.65 Å². The SMILES string of the molecule is Cc1cc(Br)c2nc(C)c(C(=O)N(C)CC(=O)O)n2c1. The zero-order valence-corrected chi connectivity index (χ0v) is 12.9. The van der Waals surface area contributed by atoms with Gasteiger partial charge in [-0.2, -0.15) is 0 Å². The van der Waals surface area contributed by atoms with Crippen molar-refractivity contribution in [3.8, 4) is 0 Å². The van der Waals surface area contributed by atoms with Crippen LogP contribution in [0.15, 0.2) is 16.7 Å². The predicted molar refractivity (Wildman–Crippen MR) is 77.0 cm³/mol. The third-order valence-corrected chi connectivity index (χ3v) is 3.49. The molecule has 0 saturated carbocycles. The normalized spacial score (nSPS) is 10.8. The van der Waals surface area contributed by atoms with Crippen LogP contribution < -0.4 is 0 Å². The number of carbonyl (C=O) groups excluding carboxylic acids is 1. The Hall–Kier alpha value is -1.89. The maximum absolute atomic E-state index is 12.4. The highest BCUT2D eigenvalue weighted by Crippen LogP contribution is 2.22. The number of halogens is 1. The Balaban J connectivity index is 2.56. The van der Waals surface area contributed by atoms with Crippen LogP contribution in [0.25, 0.3) is 5.65 Å². The molecule has 0 aromatic carbocycles. The van der Waals surface area contributed by atoms with Gasteiger partial charge >= 0.3 is 5.97 Å². The Morgan fingerprint density at radius 2 is 2.10 bits per heavy atom. The molecule has 2 aromatic rings. The molecule has 1 N–H and O–H groups in total. The highest BCUT2D eigenvalue weighted by atomic mass is 79.9. The van der Waals surface area contributed by atoms with Crippen LogP contribution in [0.2, 0.25) is 0 Å². The average Bonchev–Trinajstić information content (AvgIpc) is 2.64. The molecule has 0 bridgehead atoms. The smallest absolute Gasteiger partial charge is 0.323 e. The highest BCUT2D eigenvalue weighted by Gasteiger charge is 2.22. The quantitative estimate of drug-likeness (QED) is 0.926. The molecule has 0 radical (unpaired) electrons. The fourth-order valence-electron chi connectivity index (χ4n) is 2.06. The van der Waals surface area contributed by atoms with E-state index in [1.807, 2.05) is 19.2 Å². The van der Waals surface area contributed by atoms with Gasteiger partial charge in [0.2, 0.25) is 0 Å². The number of fused-ring (bicyclic) bond motifs is 1. The first-order valence-electron chi connectivity index (χ1n) is 5.93. The number of carbonyl (C=O) groups is 2. The molecule has 20 heavy (non-hydrogen) atoms. The number of aromatic nitrogens is 2. The summed E-state index contributed by atoms with van der Waals surface area (Å²) < 4.78 is 2.48. The first-order chi connectivity index (χ1) is 9.31. The average molecular weight is 340 g/mol. The molecule has 0 atom stereocenters. The van der Waals surface area contributed by atoms with E-state index < -0.39 is 5.97 Å². The van der Waals surface area contributed by atoms with Crippen LogP contribution in [0.4, 0.5) is 0 Å². The summed E-state index contributed by atoms with van der Waals surface area (Å²) in [6.07, 6.45) is 1.81. The third kappa shape index (κ3) is 2.53. The first kappa shape index (κ1) is 14.5. The summed E-state index contributed by atoms with van der Waals surface area (Å²) in [5.74, 6) is -1.42. The van der Waals surface area contributed by atoms with E-state index >= 15 is 0 Å². The van der Waals surface area contributed by atoms with Gasteiger partial charge in [0.05, 0.1) is 10.2 Å². The lowest BCUT2D eigenvalue weighted by molar-refractivity contribution is -0.137. The maximum Gasteiger partial charge on any atom is 0.323 e. The number of nitrogens with zero attached hydrogens (tertiary/aromatic N) is 3. The summed E-state index contributed by atoms with van der Waals surface area (Å²) in [7, 11) is 1.46. The van der Waals surface area contributed by atoms with Gasteiger partial charge in [-0.1, -0.05) is 0 Å². The molecular weight excluding hydrogens is 326 g/mol. The fourth-order valence-corrected chi connectivity index (χ4v) is 2.70. The third-order valence-electron chi connectivity index (χ3n) is 2.91. The highest BCUT2D eigenvalue weighted by molar-refractivity contribution is 9.10. The summed E-state index contributed by atoms with van der Waals surface area (Å²) in [5, 5.41) is 8.78. The second-order valence-electron chi connectivity index (χ2n) is 4.66. The van der Waals surface area contributed by atoms with Gasteiger partial charge in [-0.15, -0.1) is 0 Å². The van der Waals surface area contributed by atoms with Gasteiger partial charge in [0.1, 0.15) is 12.2 Å². The molecule has 6 nitrogen and oxygen atoms in total. The number of pyridine rings is 1. The van der Waals surface area contributed by atoms with Crippen molar-refractivity contribution < 1.29 is 14.7 Å². The van der Waals surface area contributed by atoms with E-state index in [9.17, 15) is 9.59 Å². The van der Waals surface area contributed by atoms with Crippen LogP contribution >= 0.6 is 15.9 Å². The number of hydrogen-bond donors (Lipinski definition) is 1. The van der Waals surface area contributed by atoms with Crippen LogP contribution in [-0.4, -0.2) is 44.9 Å². The molecule has 0 aliphatic heterocycles. The number of rotatable bonds is 3.